The summed E-state index contributed by atoms with van der Waals surface area (Å²) in [6, 6.07) is 11.8. The van der Waals surface area contributed by atoms with Gasteiger partial charge in [-0.25, -0.2) is 4.39 Å². The highest BCUT2D eigenvalue weighted by molar-refractivity contribution is 6.30. The van der Waals surface area contributed by atoms with E-state index in [1.165, 1.54) is 12.1 Å². The Kier molecular flexibility index (Phi) is 3.46. The van der Waals surface area contributed by atoms with Crippen LogP contribution in [0.3, 0.4) is 0 Å². The van der Waals surface area contributed by atoms with Gasteiger partial charge in [0.05, 0.1) is 0 Å². The molecule has 0 spiro atoms. The Hall–Kier alpha value is -1.38. The Bertz CT molecular complexity index is 537. The topological polar surface area (TPSA) is 26.0 Å². The van der Waals surface area contributed by atoms with E-state index >= 15 is 0 Å². The van der Waals surface area contributed by atoms with Crippen molar-refractivity contribution >= 4 is 11.6 Å². The maximum Gasteiger partial charge on any atom is 0.123 e. The van der Waals surface area contributed by atoms with Gasteiger partial charge >= 0.3 is 0 Å². The molecular formula is C14H13ClFN. The molecule has 3 heteroatoms. The van der Waals surface area contributed by atoms with E-state index in [-0.39, 0.29) is 11.9 Å². The first-order valence-corrected chi connectivity index (χ1v) is 5.76. The first-order chi connectivity index (χ1) is 8.08. The summed E-state index contributed by atoms with van der Waals surface area (Å²) in [6.45, 7) is 1.88. The van der Waals surface area contributed by atoms with Gasteiger partial charge in [0.25, 0.3) is 0 Å². The lowest BCUT2D eigenvalue weighted by atomic mass is 9.96. The van der Waals surface area contributed by atoms with Crippen molar-refractivity contribution in [3.8, 4) is 11.1 Å². The lowest BCUT2D eigenvalue weighted by Gasteiger charge is -2.13. The Morgan fingerprint density at radius 3 is 2.59 bits per heavy atom. The van der Waals surface area contributed by atoms with Gasteiger partial charge in [-0.3, -0.25) is 0 Å². The molecule has 0 fully saturated rings. The van der Waals surface area contributed by atoms with Gasteiger partial charge in [-0.1, -0.05) is 29.8 Å². The maximum atomic E-state index is 13.3. The molecule has 0 aliphatic carbocycles. The average molecular weight is 250 g/mol. The van der Waals surface area contributed by atoms with E-state index in [1.54, 1.807) is 12.1 Å². The second-order valence-corrected chi connectivity index (χ2v) is 4.47. The predicted molar refractivity (Wildman–Crippen MR) is 69.4 cm³/mol. The first-order valence-electron chi connectivity index (χ1n) is 5.39. The second-order valence-electron chi connectivity index (χ2n) is 4.03. The van der Waals surface area contributed by atoms with Crippen LogP contribution in [0, 0.1) is 5.82 Å². The minimum Gasteiger partial charge on any atom is -0.324 e. The Morgan fingerprint density at radius 1 is 1.18 bits per heavy atom. The van der Waals surface area contributed by atoms with Crippen LogP contribution < -0.4 is 5.73 Å². The highest BCUT2D eigenvalue weighted by Crippen LogP contribution is 2.29. The van der Waals surface area contributed by atoms with Crippen molar-refractivity contribution in [2.75, 3.05) is 0 Å². The predicted octanol–water partition coefficient (Wildman–Crippen LogP) is 4.17. The number of hydrogen-bond donors (Lipinski definition) is 1. The normalized spacial score (nSPS) is 12.5. The van der Waals surface area contributed by atoms with Gasteiger partial charge in [-0.05, 0) is 47.9 Å². The molecule has 88 valence electrons. The van der Waals surface area contributed by atoms with Gasteiger partial charge in [0, 0.05) is 11.1 Å². The quantitative estimate of drug-likeness (QED) is 0.850. The van der Waals surface area contributed by atoms with Crippen LogP contribution in [0.25, 0.3) is 11.1 Å². The van der Waals surface area contributed by atoms with Gasteiger partial charge in [-0.2, -0.15) is 0 Å². The first kappa shape index (κ1) is 12.1. The van der Waals surface area contributed by atoms with Crippen LogP contribution in [0.15, 0.2) is 42.5 Å². The standard InChI is InChI=1S/C14H13ClFN/c1-9(17)13-6-5-12(16)8-14(13)10-3-2-4-11(15)7-10/h2-9H,17H2,1H3. The summed E-state index contributed by atoms with van der Waals surface area (Å²) in [5.41, 5.74) is 8.47. The molecule has 0 heterocycles. The molecule has 0 amide bonds. The van der Waals surface area contributed by atoms with Crippen LogP contribution in [0.4, 0.5) is 4.39 Å². The fourth-order valence-electron chi connectivity index (χ4n) is 1.83. The highest BCUT2D eigenvalue weighted by Gasteiger charge is 2.10. The number of halogens is 2. The second kappa shape index (κ2) is 4.86. The molecule has 2 aromatic rings. The van der Waals surface area contributed by atoms with Crippen molar-refractivity contribution in [1.29, 1.82) is 0 Å². The third-order valence-corrected chi connectivity index (χ3v) is 2.88. The minimum absolute atomic E-state index is 0.149. The molecule has 1 atom stereocenters. The third-order valence-electron chi connectivity index (χ3n) is 2.64. The molecule has 0 aliphatic heterocycles. The molecule has 1 unspecified atom stereocenters. The van der Waals surface area contributed by atoms with E-state index in [4.69, 9.17) is 17.3 Å². The molecule has 1 nitrogen and oxygen atoms in total. The molecule has 0 aliphatic rings. The smallest absolute Gasteiger partial charge is 0.123 e. The highest BCUT2D eigenvalue weighted by atomic mass is 35.5. The van der Waals surface area contributed by atoms with Crippen LogP contribution in [0.2, 0.25) is 5.02 Å². The summed E-state index contributed by atoms with van der Waals surface area (Å²) in [7, 11) is 0. The van der Waals surface area contributed by atoms with Crippen molar-refractivity contribution in [3.05, 3.63) is 58.9 Å². The number of nitrogens with two attached hydrogens (primary N) is 1. The zero-order chi connectivity index (χ0) is 12.4. The molecule has 0 saturated carbocycles. The van der Waals surface area contributed by atoms with Crippen LogP contribution in [-0.2, 0) is 0 Å². The van der Waals surface area contributed by atoms with Crippen LogP contribution in [0.5, 0.6) is 0 Å². The van der Waals surface area contributed by atoms with Crippen LogP contribution in [-0.4, -0.2) is 0 Å². The Morgan fingerprint density at radius 2 is 1.94 bits per heavy atom. The van der Waals surface area contributed by atoms with Gasteiger partial charge in [0.2, 0.25) is 0 Å². The number of hydrogen-bond acceptors (Lipinski definition) is 1. The SMILES string of the molecule is CC(N)c1ccc(F)cc1-c1cccc(Cl)c1. The van der Waals surface area contributed by atoms with E-state index in [9.17, 15) is 4.39 Å². The molecule has 0 saturated heterocycles. The van der Waals surface area contributed by atoms with Crippen molar-refractivity contribution in [2.24, 2.45) is 5.73 Å². The third kappa shape index (κ3) is 2.65. The summed E-state index contributed by atoms with van der Waals surface area (Å²) in [5.74, 6) is -0.274. The van der Waals surface area contributed by atoms with Crippen molar-refractivity contribution < 1.29 is 4.39 Å². The van der Waals surface area contributed by atoms with Gasteiger partial charge in [0.1, 0.15) is 5.82 Å². The molecule has 0 bridgehead atoms. The van der Waals surface area contributed by atoms with E-state index in [0.29, 0.717) is 5.02 Å². The monoisotopic (exact) mass is 249 g/mol. The lowest BCUT2D eigenvalue weighted by molar-refractivity contribution is 0.626. The maximum absolute atomic E-state index is 13.3. The van der Waals surface area contributed by atoms with Crippen molar-refractivity contribution in [1.82, 2.24) is 0 Å². The lowest BCUT2D eigenvalue weighted by Crippen LogP contribution is -2.06. The van der Waals surface area contributed by atoms with Crippen LogP contribution >= 0.6 is 11.6 Å². The minimum atomic E-state index is -0.274. The van der Waals surface area contributed by atoms with Gasteiger partial charge in [-0.15, -0.1) is 0 Å². The molecule has 17 heavy (non-hydrogen) atoms. The summed E-state index contributed by atoms with van der Waals surface area (Å²) in [6.07, 6.45) is 0. The van der Waals surface area contributed by atoms with Crippen molar-refractivity contribution in [3.63, 3.8) is 0 Å². The zero-order valence-corrected chi connectivity index (χ0v) is 10.2. The molecule has 2 aromatic carbocycles. The van der Waals surface area contributed by atoms with Gasteiger partial charge in [0.15, 0.2) is 0 Å². The molecular weight excluding hydrogens is 237 g/mol. The molecule has 0 aromatic heterocycles. The zero-order valence-electron chi connectivity index (χ0n) is 9.45. The fraction of sp³-hybridized carbons (Fsp3) is 0.143. The summed E-state index contributed by atoms with van der Waals surface area (Å²) < 4.78 is 13.3. The fourth-order valence-corrected chi connectivity index (χ4v) is 2.02. The van der Waals surface area contributed by atoms with E-state index in [0.717, 1.165) is 16.7 Å². The van der Waals surface area contributed by atoms with Crippen LogP contribution in [0.1, 0.15) is 18.5 Å². The number of benzene rings is 2. The molecule has 2 rings (SSSR count). The van der Waals surface area contributed by atoms with E-state index in [2.05, 4.69) is 0 Å². The van der Waals surface area contributed by atoms with E-state index in [1.807, 2.05) is 25.1 Å². The Balaban J connectivity index is 2.61. The molecule has 0 radical (unpaired) electrons. The summed E-state index contributed by atoms with van der Waals surface area (Å²) in [5, 5.41) is 0.627. The van der Waals surface area contributed by atoms with Crippen molar-refractivity contribution in [2.45, 2.75) is 13.0 Å². The summed E-state index contributed by atoms with van der Waals surface area (Å²) in [4.78, 5) is 0. The summed E-state index contributed by atoms with van der Waals surface area (Å²) >= 11 is 5.94. The Labute approximate surface area is 105 Å². The van der Waals surface area contributed by atoms with E-state index < -0.39 is 0 Å². The average Bonchev–Trinajstić information content (AvgIpc) is 2.28. The van der Waals surface area contributed by atoms with Gasteiger partial charge < -0.3 is 5.73 Å². The molecule has 2 N–H and O–H groups in total. The largest absolute Gasteiger partial charge is 0.324 e. The number of rotatable bonds is 2.